The van der Waals surface area contributed by atoms with E-state index in [1.54, 1.807) is 0 Å². The smallest absolute Gasteiger partial charge is 0.0622 e. The number of rotatable bonds is 7. The van der Waals surface area contributed by atoms with Gasteiger partial charge in [-0.25, -0.2) is 0 Å². The van der Waals surface area contributed by atoms with E-state index in [9.17, 15) is 0 Å². The van der Waals surface area contributed by atoms with Crippen LogP contribution in [0.3, 0.4) is 0 Å². The van der Waals surface area contributed by atoms with Crippen LogP contribution in [0.2, 0.25) is 0 Å². The van der Waals surface area contributed by atoms with Crippen LogP contribution in [-0.4, -0.2) is 29.7 Å². The van der Waals surface area contributed by atoms with Crippen molar-refractivity contribution >= 4 is 0 Å². The first kappa shape index (κ1) is 12.7. The molecule has 1 aromatic rings. The first-order valence-electron chi connectivity index (χ1n) is 5.61. The third kappa shape index (κ3) is 4.92. The minimum atomic E-state index is 0.166. The Labute approximate surface area is 96.9 Å². The Morgan fingerprint density at radius 3 is 2.56 bits per heavy atom. The van der Waals surface area contributed by atoms with Gasteiger partial charge in [0.15, 0.2) is 0 Å². The first-order chi connectivity index (χ1) is 7.86. The molecule has 0 fully saturated rings. The zero-order valence-electron chi connectivity index (χ0n) is 9.47. The predicted octanol–water partition coefficient (Wildman–Crippen LogP) is 1.78. The van der Waals surface area contributed by atoms with E-state index in [4.69, 9.17) is 10.4 Å². The summed E-state index contributed by atoms with van der Waals surface area (Å²) >= 11 is 0. The second-order valence-electron chi connectivity index (χ2n) is 3.75. The van der Waals surface area contributed by atoms with E-state index in [2.05, 4.69) is 23.1 Å². The molecule has 0 amide bonds. The van der Waals surface area contributed by atoms with Gasteiger partial charge < -0.3 is 5.11 Å². The van der Waals surface area contributed by atoms with Gasteiger partial charge in [-0.3, -0.25) is 4.90 Å². The Balaban J connectivity index is 2.41. The number of hydrogen-bond acceptors (Lipinski definition) is 3. The van der Waals surface area contributed by atoms with Gasteiger partial charge in [0.2, 0.25) is 0 Å². The lowest BCUT2D eigenvalue weighted by Gasteiger charge is -2.20. The van der Waals surface area contributed by atoms with Gasteiger partial charge in [-0.15, -0.1) is 0 Å². The second kappa shape index (κ2) is 7.86. The summed E-state index contributed by atoms with van der Waals surface area (Å²) in [5, 5.41) is 17.4. The molecule has 0 aromatic heterocycles. The number of unbranched alkanes of at least 4 members (excludes halogenated alkanes) is 1. The molecule has 0 aliphatic carbocycles. The normalized spacial score (nSPS) is 10.3. The monoisotopic (exact) mass is 218 g/mol. The van der Waals surface area contributed by atoms with Crippen molar-refractivity contribution in [3.8, 4) is 6.07 Å². The van der Waals surface area contributed by atoms with Gasteiger partial charge >= 0.3 is 0 Å². The lowest BCUT2D eigenvalue weighted by atomic mass is 10.2. The Kier molecular flexibility index (Phi) is 6.24. The van der Waals surface area contributed by atoms with Crippen molar-refractivity contribution in [3.05, 3.63) is 35.9 Å². The fourth-order valence-corrected chi connectivity index (χ4v) is 1.63. The molecule has 86 valence electrons. The van der Waals surface area contributed by atoms with Gasteiger partial charge in [0.05, 0.1) is 12.7 Å². The number of benzene rings is 1. The molecule has 0 bridgehead atoms. The summed E-state index contributed by atoms with van der Waals surface area (Å²) in [5.41, 5.74) is 1.24. The molecule has 0 spiro atoms. The molecule has 0 unspecified atom stereocenters. The molecule has 1 rings (SSSR count). The molecule has 0 aliphatic heterocycles. The first-order valence-corrected chi connectivity index (χ1v) is 5.61. The average Bonchev–Trinajstić information content (AvgIpc) is 2.31. The second-order valence-corrected chi connectivity index (χ2v) is 3.75. The van der Waals surface area contributed by atoms with Gasteiger partial charge in [0.1, 0.15) is 0 Å². The quantitative estimate of drug-likeness (QED) is 0.710. The summed E-state index contributed by atoms with van der Waals surface area (Å²) in [5.74, 6) is 0. The van der Waals surface area contributed by atoms with Gasteiger partial charge in [0, 0.05) is 19.5 Å². The topological polar surface area (TPSA) is 47.3 Å². The standard InChI is InChI=1S/C13H18N2O/c14-8-4-5-9-15(10-11-16)12-13-6-2-1-3-7-13/h1-3,6-7,16H,4-5,9-12H2. The molecule has 0 saturated heterocycles. The van der Waals surface area contributed by atoms with Crippen LogP contribution in [0.1, 0.15) is 18.4 Å². The van der Waals surface area contributed by atoms with E-state index < -0.39 is 0 Å². The summed E-state index contributed by atoms with van der Waals surface area (Å²) in [6.07, 6.45) is 1.44. The molecule has 3 nitrogen and oxygen atoms in total. The summed E-state index contributed by atoms with van der Waals surface area (Å²) in [7, 11) is 0. The molecule has 1 aromatic carbocycles. The molecular formula is C13H18N2O. The van der Waals surface area contributed by atoms with E-state index in [1.807, 2.05) is 18.2 Å². The average molecular weight is 218 g/mol. The van der Waals surface area contributed by atoms with Crippen LogP contribution in [-0.2, 0) is 6.54 Å². The zero-order valence-corrected chi connectivity index (χ0v) is 9.47. The number of nitrogens with zero attached hydrogens (tertiary/aromatic N) is 2. The van der Waals surface area contributed by atoms with Gasteiger partial charge in [0.25, 0.3) is 0 Å². The SMILES string of the molecule is N#CCCCN(CCO)Cc1ccccc1. The Bertz CT molecular complexity index is 318. The lowest BCUT2D eigenvalue weighted by molar-refractivity contribution is 0.189. The number of hydrogen-bond donors (Lipinski definition) is 1. The number of aliphatic hydroxyl groups is 1. The van der Waals surface area contributed by atoms with Crippen molar-refractivity contribution in [3.63, 3.8) is 0 Å². The molecule has 0 heterocycles. The van der Waals surface area contributed by atoms with Gasteiger partial charge in [-0.2, -0.15) is 5.26 Å². The van der Waals surface area contributed by atoms with Gasteiger partial charge in [-0.1, -0.05) is 30.3 Å². The summed E-state index contributed by atoms with van der Waals surface area (Å²) < 4.78 is 0. The predicted molar refractivity (Wildman–Crippen MR) is 63.7 cm³/mol. The van der Waals surface area contributed by atoms with E-state index >= 15 is 0 Å². The van der Waals surface area contributed by atoms with Crippen LogP contribution in [0.15, 0.2) is 30.3 Å². The molecule has 0 aliphatic rings. The third-order valence-electron chi connectivity index (χ3n) is 2.43. The minimum Gasteiger partial charge on any atom is -0.395 e. The maximum absolute atomic E-state index is 8.96. The highest BCUT2D eigenvalue weighted by molar-refractivity contribution is 5.14. The molecule has 0 atom stereocenters. The maximum atomic E-state index is 8.96. The van der Waals surface area contributed by atoms with Crippen LogP contribution in [0.25, 0.3) is 0 Å². The van der Waals surface area contributed by atoms with Crippen LogP contribution in [0.4, 0.5) is 0 Å². The highest BCUT2D eigenvalue weighted by Gasteiger charge is 2.04. The van der Waals surface area contributed by atoms with Crippen molar-refractivity contribution in [2.75, 3.05) is 19.7 Å². The van der Waals surface area contributed by atoms with Crippen LogP contribution in [0.5, 0.6) is 0 Å². The Morgan fingerprint density at radius 2 is 1.94 bits per heavy atom. The molecule has 3 heteroatoms. The van der Waals surface area contributed by atoms with E-state index in [0.717, 1.165) is 19.5 Å². The Hall–Kier alpha value is -1.37. The molecule has 0 radical (unpaired) electrons. The fraction of sp³-hybridized carbons (Fsp3) is 0.462. The van der Waals surface area contributed by atoms with Crippen molar-refractivity contribution in [1.82, 2.24) is 4.90 Å². The molecule has 0 saturated carbocycles. The van der Waals surface area contributed by atoms with Crippen molar-refractivity contribution in [2.24, 2.45) is 0 Å². The Morgan fingerprint density at radius 1 is 1.19 bits per heavy atom. The third-order valence-corrected chi connectivity index (χ3v) is 2.43. The van der Waals surface area contributed by atoms with Crippen LogP contribution >= 0.6 is 0 Å². The van der Waals surface area contributed by atoms with Crippen molar-refractivity contribution in [2.45, 2.75) is 19.4 Å². The van der Waals surface area contributed by atoms with E-state index in [0.29, 0.717) is 13.0 Å². The number of aliphatic hydroxyl groups excluding tert-OH is 1. The van der Waals surface area contributed by atoms with E-state index in [-0.39, 0.29) is 6.61 Å². The maximum Gasteiger partial charge on any atom is 0.0622 e. The van der Waals surface area contributed by atoms with Gasteiger partial charge in [-0.05, 0) is 18.5 Å². The highest BCUT2D eigenvalue weighted by atomic mass is 16.3. The van der Waals surface area contributed by atoms with E-state index in [1.165, 1.54) is 5.56 Å². The molecule has 16 heavy (non-hydrogen) atoms. The fourth-order valence-electron chi connectivity index (χ4n) is 1.63. The summed E-state index contributed by atoms with van der Waals surface area (Å²) in [4.78, 5) is 2.17. The zero-order chi connectivity index (χ0) is 11.6. The highest BCUT2D eigenvalue weighted by Crippen LogP contribution is 2.05. The molecule has 1 N–H and O–H groups in total. The lowest BCUT2D eigenvalue weighted by Crippen LogP contribution is -2.27. The van der Waals surface area contributed by atoms with Crippen LogP contribution in [0, 0.1) is 11.3 Å². The number of nitriles is 1. The van der Waals surface area contributed by atoms with Crippen molar-refractivity contribution in [1.29, 1.82) is 5.26 Å². The molecular weight excluding hydrogens is 200 g/mol. The largest absolute Gasteiger partial charge is 0.395 e. The summed E-state index contributed by atoms with van der Waals surface area (Å²) in [6, 6.07) is 12.3. The minimum absolute atomic E-state index is 0.166. The van der Waals surface area contributed by atoms with Crippen LogP contribution < -0.4 is 0 Å². The van der Waals surface area contributed by atoms with Crippen molar-refractivity contribution < 1.29 is 5.11 Å². The summed E-state index contributed by atoms with van der Waals surface area (Å²) in [6.45, 7) is 2.54.